The molecule has 0 unspecified atom stereocenters. The van der Waals surface area contributed by atoms with Gasteiger partial charge in [-0.05, 0) is 49.2 Å². The van der Waals surface area contributed by atoms with Crippen molar-refractivity contribution in [2.75, 3.05) is 29.9 Å². The van der Waals surface area contributed by atoms with Crippen LogP contribution in [0.15, 0.2) is 60.9 Å². The smallest absolute Gasteiger partial charge is 0.274 e. The van der Waals surface area contributed by atoms with Crippen LogP contribution in [0.5, 0.6) is 5.88 Å². The molecule has 0 saturated heterocycles. The molecule has 3 heterocycles. The van der Waals surface area contributed by atoms with Gasteiger partial charge < -0.3 is 19.9 Å². The van der Waals surface area contributed by atoms with Crippen molar-refractivity contribution in [3.63, 3.8) is 0 Å². The largest absolute Gasteiger partial charge is 0.477 e. The summed E-state index contributed by atoms with van der Waals surface area (Å²) in [6.45, 7) is 6.23. The van der Waals surface area contributed by atoms with Gasteiger partial charge in [0, 0.05) is 60.3 Å². The molecule has 0 saturated carbocycles. The summed E-state index contributed by atoms with van der Waals surface area (Å²) in [5.74, 6) is 0.579. The van der Waals surface area contributed by atoms with Crippen LogP contribution in [0.25, 0.3) is 10.9 Å². The van der Waals surface area contributed by atoms with Crippen molar-refractivity contribution < 1.29 is 9.53 Å². The fraction of sp³-hybridized carbons (Fsp3) is 0.308. The van der Waals surface area contributed by atoms with Gasteiger partial charge in [-0.1, -0.05) is 19.9 Å². The number of hydrogen-bond donors (Lipinski definition) is 2. The van der Waals surface area contributed by atoms with E-state index >= 15 is 0 Å². The second-order valence-electron chi connectivity index (χ2n) is 8.03. The van der Waals surface area contributed by atoms with Crippen molar-refractivity contribution >= 4 is 28.4 Å². The minimum Gasteiger partial charge on any atom is -0.477 e. The van der Waals surface area contributed by atoms with Crippen LogP contribution in [0.2, 0.25) is 0 Å². The van der Waals surface area contributed by atoms with E-state index in [4.69, 9.17) is 4.74 Å². The van der Waals surface area contributed by atoms with Crippen LogP contribution in [0.4, 0.5) is 11.6 Å². The Hall–Kier alpha value is -3.94. The number of nitrogens with zero attached hydrogens (tertiary/aromatic N) is 4. The van der Waals surface area contributed by atoms with E-state index in [1.54, 1.807) is 12.3 Å². The van der Waals surface area contributed by atoms with Crippen molar-refractivity contribution in [2.24, 2.45) is 0 Å². The molecule has 3 aromatic heterocycles. The molecule has 0 aliphatic heterocycles. The Morgan fingerprint density at radius 3 is 2.68 bits per heavy atom. The van der Waals surface area contributed by atoms with E-state index in [0.717, 1.165) is 42.5 Å². The highest BCUT2D eigenvalue weighted by Crippen LogP contribution is 2.21. The van der Waals surface area contributed by atoms with Gasteiger partial charge in [0.2, 0.25) is 11.8 Å². The van der Waals surface area contributed by atoms with Gasteiger partial charge in [-0.3, -0.25) is 9.78 Å². The normalized spacial score (nSPS) is 10.9. The van der Waals surface area contributed by atoms with Gasteiger partial charge in [0.05, 0.1) is 6.61 Å². The van der Waals surface area contributed by atoms with Gasteiger partial charge in [-0.2, -0.15) is 4.98 Å². The van der Waals surface area contributed by atoms with Crippen molar-refractivity contribution in [1.29, 1.82) is 0 Å². The highest BCUT2D eigenvalue weighted by atomic mass is 16.5. The van der Waals surface area contributed by atoms with E-state index in [1.807, 2.05) is 48.7 Å². The molecular formula is C26H30N6O2. The van der Waals surface area contributed by atoms with E-state index in [-0.39, 0.29) is 11.6 Å². The van der Waals surface area contributed by atoms with Crippen LogP contribution < -0.4 is 15.0 Å². The molecule has 0 spiro atoms. The number of anilines is 2. The SMILES string of the molecule is CCCN(CCC)c1nc(OCCc2ccccn2)cc(C(=O)Nc2ccc3[nH]ccc3c2)n1. The minimum absolute atomic E-state index is 0.268. The second-order valence-corrected chi connectivity index (χ2v) is 8.03. The number of carbonyl (C=O) groups is 1. The third-order valence-corrected chi connectivity index (χ3v) is 5.34. The van der Waals surface area contributed by atoms with Crippen molar-refractivity contribution in [1.82, 2.24) is 19.9 Å². The highest BCUT2D eigenvalue weighted by molar-refractivity contribution is 6.04. The van der Waals surface area contributed by atoms with Crippen LogP contribution in [-0.2, 0) is 6.42 Å². The number of benzene rings is 1. The zero-order valence-electron chi connectivity index (χ0n) is 19.6. The zero-order chi connectivity index (χ0) is 23.8. The first-order valence-electron chi connectivity index (χ1n) is 11.7. The lowest BCUT2D eigenvalue weighted by molar-refractivity contribution is 0.102. The average Bonchev–Trinajstić information content (AvgIpc) is 3.32. The summed E-state index contributed by atoms with van der Waals surface area (Å²) >= 11 is 0. The predicted octanol–water partition coefficient (Wildman–Crippen LogP) is 4.85. The number of fused-ring (bicyclic) bond motifs is 1. The number of carbonyl (C=O) groups excluding carboxylic acids is 1. The van der Waals surface area contributed by atoms with Gasteiger partial charge in [-0.25, -0.2) is 4.98 Å². The first-order chi connectivity index (χ1) is 16.7. The fourth-order valence-electron chi connectivity index (χ4n) is 3.73. The highest BCUT2D eigenvalue weighted by Gasteiger charge is 2.17. The summed E-state index contributed by atoms with van der Waals surface area (Å²) < 4.78 is 5.94. The summed E-state index contributed by atoms with van der Waals surface area (Å²) in [5, 5.41) is 3.98. The molecule has 8 heteroatoms. The standard InChI is InChI=1S/C26H30N6O2/c1-3-14-32(15-4-2)26-30-23(18-24(31-26)34-16-11-20-7-5-6-12-27-20)25(33)29-21-8-9-22-19(17-21)10-13-28-22/h5-10,12-13,17-18,28H,3-4,11,14-16H2,1-2H3,(H,29,33). The maximum atomic E-state index is 13.1. The van der Waals surface area contributed by atoms with E-state index in [0.29, 0.717) is 30.5 Å². The van der Waals surface area contributed by atoms with Gasteiger partial charge in [0.15, 0.2) is 0 Å². The lowest BCUT2D eigenvalue weighted by Crippen LogP contribution is -2.28. The van der Waals surface area contributed by atoms with Crippen molar-refractivity contribution in [3.8, 4) is 5.88 Å². The van der Waals surface area contributed by atoms with E-state index in [9.17, 15) is 4.79 Å². The van der Waals surface area contributed by atoms with Crippen LogP contribution >= 0.6 is 0 Å². The van der Waals surface area contributed by atoms with Gasteiger partial charge in [0.1, 0.15) is 5.69 Å². The number of amides is 1. The number of H-pyrrole nitrogens is 1. The van der Waals surface area contributed by atoms with E-state index in [1.165, 1.54) is 0 Å². The number of ether oxygens (including phenoxy) is 1. The Kier molecular flexibility index (Phi) is 7.70. The summed E-state index contributed by atoms with van der Waals surface area (Å²) in [6, 6.07) is 15.1. The topological polar surface area (TPSA) is 96.0 Å². The van der Waals surface area contributed by atoms with E-state index in [2.05, 4.69) is 44.0 Å². The Morgan fingerprint density at radius 1 is 1.06 bits per heavy atom. The fourth-order valence-corrected chi connectivity index (χ4v) is 3.73. The summed E-state index contributed by atoms with van der Waals surface area (Å²) in [4.78, 5) is 31.9. The number of rotatable bonds is 11. The number of aromatic nitrogens is 4. The zero-order valence-corrected chi connectivity index (χ0v) is 19.6. The molecule has 4 rings (SSSR count). The van der Waals surface area contributed by atoms with Gasteiger partial charge >= 0.3 is 0 Å². The Balaban J connectivity index is 1.56. The lowest BCUT2D eigenvalue weighted by atomic mass is 10.2. The molecule has 0 aliphatic carbocycles. The molecule has 2 N–H and O–H groups in total. The Labute approximate surface area is 199 Å². The lowest BCUT2D eigenvalue weighted by Gasteiger charge is -2.22. The third-order valence-electron chi connectivity index (χ3n) is 5.34. The van der Waals surface area contributed by atoms with Crippen LogP contribution in [0, 0.1) is 0 Å². The minimum atomic E-state index is -0.305. The van der Waals surface area contributed by atoms with Gasteiger partial charge in [0.25, 0.3) is 5.91 Å². The third kappa shape index (κ3) is 5.89. The first kappa shape index (κ1) is 23.2. The quantitative estimate of drug-likeness (QED) is 0.333. The number of hydrogen-bond acceptors (Lipinski definition) is 6. The maximum Gasteiger partial charge on any atom is 0.274 e. The Bertz CT molecular complexity index is 1220. The molecule has 0 aliphatic rings. The molecular weight excluding hydrogens is 428 g/mol. The molecule has 8 nitrogen and oxygen atoms in total. The van der Waals surface area contributed by atoms with Crippen LogP contribution in [0.1, 0.15) is 42.9 Å². The number of nitrogens with one attached hydrogen (secondary N) is 2. The van der Waals surface area contributed by atoms with E-state index < -0.39 is 0 Å². The Morgan fingerprint density at radius 2 is 1.91 bits per heavy atom. The monoisotopic (exact) mass is 458 g/mol. The number of pyridine rings is 1. The van der Waals surface area contributed by atoms with Crippen molar-refractivity contribution in [2.45, 2.75) is 33.1 Å². The molecule has 1 amide bonds. The van der Waals surface area contributed by atoms with Crippen LogP contribution in [-0.4, -0.2) is 45.5 Å². The average molecular weight is 459 g/mol. The number of aromatic amines is 1. The molecule has 0 bridgehead atoms. The molecule has 34 heavy (non-hydrogen) atoms. The maximum absolute atomic E-state index is 13.1. The summed E-state index contributed by atoms with van der Waals surface area (Å²) in [5.41, 5.74) is 2.92. The first-order valence-corrected chi connectivity index (χ1v) is 11.7. The molecule has 176 valence electrons. The molecule has 0 fully saturated rings. The second kappa shape index (κ2) is 11.3. The van der Waals surface area contributed by atoms with Crippen molar-refractivity contribution in [3.05, 3.63) is 72.3 Å². The predicted molar refractivity (Wildman–Crippen MR) is 135 cm³/mol. The molecule has 0 radical (unpaired) electrons. The molecule has 0 atom stereocenters. The molecule has 1 aromatic carbocycles. The van der Waals surface area contributed by atoms with Gasteiger partial charge in [-0.15, -0.1) is 0 Å². The summed E-state index contributed by atoms with van der Waals surface area (Å²) in [6.07, 6.45) is 6.18. The molecule has 4 aromatic rings. The van der Waals surface area contributed by atoms with Crippen LogP contribution in [0.3, 0.4) is 0 Å². The summed E-state index contributed by atoms with van der Waals surface area (Å²) in [7, 11) is 0.